The summed E-state index contributed by atoms with van der Waals surface area (Å²) in [7, 11) is 0. The normalized spacial score (nSPS) is 18.7. The number of likely N-dealkylation sites (tertiary alicyclic amines) is 2. The van der Waals surface area contributed by atoms with Gasteiger partial charge >= 0.3 is 0 Å². The second-order valence-corrected chi connectivity index (χ2v) is 8.31. The van der Waals surface area contributed by atoms with Crippen LogP contribution in [-0.4, -0.2) is 46.2 Å². The van der Waals surface area contributed by atoms with Gasteiger partial charge in [-0.3, -0.25) is 9.59 Å². The molecule has 0 bridgehead atoms. The third-order valence-corrected chi connectivity index (χ3v) is 6.63. The first kappa shape index (κ1) is 18.0. The summed E-state index contributed by atoms with van der Waals surface area (Å²) in [6, 6.07) is 17.9. The highest BCUT2D eigenvalue weighted by Crippen LogP contribution is 2.42. The first-order valence-corrected chi connectivity index (χ1v) is 10.3. The minimum absolute atomic E-state index is 0.0644. The molecule has 3 aromatic rings. The van der Waals surface area contributed by atoms with Crippen molar-refractivity contribution in [3.05, 3.63) is 71.9 Å². The van der Waals surface area contributed by atoms with Crippen LogP contribution in [0, 0.1) is 5.41 Å². The van der Waals surface area contributed by atoms with Crippen molar-refractivity contribution in [1.29, 1.82) is 0 Å². The van der Waals surface area contributed by atoms with Crippen LogP contribution >= 0.6 is 0 Å². The van der Waals surface area contributed by atoms with Crippen molar-refractivity contribution in [1.82, 2.24) is 14.8 Å². The molecule has 2 aromatic carbocycles. The number of H-pyrrole nitrogens is 1. The van der Waals surface area contributed by atoms with Crippen molar-refractivity contribution in [2.24, 2.45) is 5.41 Å². The molecule has 0 radical (unpaired) electrons. The number of hydrogen-bond acceptors (Lipinski definition) is 2. The van der Waals surface area contributed by atoms with E-state index < -0.39 is 0 Å². The van der Waals surface area contributed by atoms with Crippen molar-refractivity contribution in [2.75, 3.05) is 19.6 Å². The van der Waals surface area contributed by atoms with E-state index in [-0.39, 0.29) is 17.2 Å². The second-order valence-electron chi connectivity index (χ2n) is 8.31. The highest BCUT2D eigenvalue weighted by atomic mass is 16.2. The maximum absolute atomic E-state index is 13.2. The molecule has 0 saturated carbocycles. The third kappa shape index (κ3) is 3.20. The topological polar surface area (TPSA) is 56.4 Å². The average Bonchev–Trinajstić information content (AvgIpc) is 3.35. The third-order valence-electron chi connectivity index (χ3n) is 6.63. The van der Waals surface area contributed by atoms with E-state index in [1.165, 1.54) is 5.56 Å². The summed E-state index contributed by atoms with van der Waals surface area (Å²) >= 11 is 0. The Morgan fingerprint density at radius 1 is 0.966 bits per heavy atom. The molecule has 0 atom stereocenters. The Bertz CT molecular complexity index is 1050. The summed E-state index contributed by atoms with van der Waals surface area (Å²) in [5, 5.41) is 1.05. The predicted molar refractivity (Wildman–Crippen MR) is 112 cm³/mol. The molecule has 5 heteroatoms. The lowest BCUT2D eigenvalue weighted by molar-refractivity contribution is -0.138. The van der Waals surface area contributed by atoms with E-state index >= 15 is 0 Å². The Labute approximate surface area is 170 Å². The molecule has 148 valence electrons. The van der Waals surface area contributed by atoms with Crippen LogP contribution in [0.25, 0.3) is 10.9 Å². The van der Waals surface area contributed by atoms with Gasteiger partial charge in [-0.05, 0) is 49.1 Å². The number of piperidine rings is 1. The van der Waals surface area contributed by atoms with Gasteiger partial charge in [0.25, 0.3) is 5.91 Å². The van der Waals surface area contributed by atoms with Gasteiger partial charge in [0.1, 0.15) is 0 Å². The summed E-state index contributed by atoms with van der Waals surface area (Å²) in [4.78, 5) is 33.2. The minimum Gasteiger partial charge on any atom is -0.361 e. The molecule has 5 rings (SSSR count). The second kappa shape index (κ2) is 7.07. The zero-order valence-corrected chi connectivity index (χ0v) is 16.4. The van der Waals surface area contributed by atoms with E-state index in [4.69, 9.17) is 0 Å². The Morgan fingerprint density at radius 2 is 1.72 bits per heavy atom. The van der Waals surface area contributed by atoms with Crippen LogP contribution in [-0.2, 0) is 11.3 Å². The molecule has 2 aliphatic rings. The number of aromatic nitrogens is 1. The number of benzene rings is 2. The quantitative estimate of drug-likeness (QED) is 0.743. The average molecular weight is 387 g/mol. The number of fused-ring (bicyclic) bond motifs is 1. The summed E-state index contributed by atoms with van der Waals surface area (Å²) < 4.78 is 0. The number of rotatable bonds is 3. The van der Waals surface area contributed by atoms with Gasteiger partial charge in [0.15, 0.2) is 0 Å². The summed E-state index contributed by atoms with van der Waals surface area (Å²) in [6.45, 7) is 2.79. The Hall–Kier alpha value is -3.08. The first-order chi connectivity index (χ1) is 14.1. The molecule has 2 saturated heterocycles. The number of hydrogen-bond donors (Lipinski definition) is 1. The highest BCUT2D eigenvalue weighted by Gasteiger charge is 2.48. The van der Waals surface area contributed by atoms with Gasteiger partial charge in [-0.15, -0.1) is 0 Å². The van der Waals surface area contributed by atoms with Gasteiger partial charge in [-0.1, -0.05) is 30.3 Å². The molecule has 29 heavy (non-hydrogen) atoms. The minimum atomic E-state index is -0.282. The molecule has 1 aromatic heterocycles. The maximum atomic E-state index is 13.2. The predicted octanol–water partition coefficient (Wildman–Crippen LogP) is 3.82. The lowest BCUT2D eigenvalue weighted by Crippen LogP contribution is -2.46. The summed E-state index contributed by atoms with van der Waals surface area (Å²) in [5.74, 6) is 0.330. The van der Waals surface area contributed by atoms with Crippen LogP contribution in [0.1, 0.15) is 35.2 Å². The summed E-state index contributed by atoms with van der Waals surface area (Å²) in [5.41, 5.74) is 2.65. The van der Waals surface area contributed by atoms with E-state index in [1.54, 1.807) is 0 Å². The van der Waals surface area contributed by atoms with Crippen molar-refractivity contribution in [3.63, 3.8) is 0 Å². The lowest BCUT2D eigenvalue weighted by atomic mass is 9.77. The SMILES string of the molecule is O=C(c1ccc2[nH]ccc2c1)N1CCC2(CC1)CCN(Cc1ccccc1)C2=O. The fraction of sp³-hybridized carbons (Fsp3) is 0.333. The molecule has 2 fully saturated rings. The van der Waals surface area contributed by atoms with Crippen molar-refractivity contribution in [2.45, 2.75) is 25.8 Å². The molecule has 5 nitrogen and oxygen atoms in total. The zero-order chi connectivity index (χ0) is 19.8. The number of nitrogens with one attached hydrogen (secondary N) is 1. The maximum Gasteiger partial charge on any atom is 0.253 e. The van der Waals surface area contributed by atoms with E-state index in [0.717, 1.165) is 42.3 Å². The van der Waals surface area contributed by atoms with Crippen molar-refractivity contribution >= 4 is 22.7 Å². The molecule has 2 amide bonds. The van der Waals surface area contributed by atoms with E-state index in [2.05, 4.69) is 17.1 Å². The summed E-state index contributed by atoms with van der Waals surface area (Å²) in [6.07, 6.45) is 4.30. The van der Waals surface area contributed by atoms with Gasteiger partial charge in [-0.25, -0.2) is 0 Å². The molecule has 0 unspecified atom stereocenters. The van der Waals surface area contributed by atoms with E-state index in [1.807, 2.05) is 58.5 Å². The number of aromatic amines is 1. The molecular weight excluding hydrogens is 362 g/mol. The van der Waals surface area contributed by atoms with E-state index in [9.17, 15) is 9.59 Å². The van der Waals surface area contributed by atoms with Crippen LogP contribution in [0.2, 0.25) is 0 Å². The number of carbonyl (C=O) groups excluding carboxylic acids is 2. The number of nitrogens with zero attached hydrogens (tertiary/aromatic N) is 2. The van der Waals surface area contributed by atoms with Crippen molar-refractivity contribution in [3.8, 4) is 0 Å². The number of amides is 2. The smallest absolute Gasteiger partial charge is 0.253 e. The molecule has 3 heterocycles. The van der Waals surface area contributed by atoms with Crippen LogP contribution in [0.5, 0.6) is 0 Å². The van der Waals surface area contributed by atoms with Crippen LogP contribution in [0.15, 0.2) is 60.8 Å². The molecule has 1 N–H and O–H groups in total. The Kier molecular flexibility index (Phi) is 4.38. The molecule has 2 aliphatic heterocycles. The molecular formula is C24H25N3O2. The van der Waals surface area contributed by atoms with Crippen LogP contribution in [0.4, 0.5) is 0 Å². The monoisotopic (exact) mass is 387 g/mol. The zero-order valence-electron chi connectivity index (χ0n) is 16.4. The standard InChI is InChI=1S/C24H25N3O2/c28-22(20-6-7-21-19(16-20)8-12-25-21)26-13-9-24(10-14-26)11-15-27(23(24)29)17-18-4-2-1-3-5-18/h1-8,12,16,25H,9-11,13-15,17H2. The Balaban J connectivity index is 1.25. The van der Waals surface area contributed by atoms with Crippen LogP contribution < -0.4 is 0 Å². The van der Waals surface area contributed by atoms with Gasteiger partial charge in [0.2, 0.25) is 5.91 Å². The first-order valence-electron chi connectivity index (χ1n) is 10.3. The van der Waals surface area contributed by atoms with Gasteiger partial charge in [-0.2, -0.15) is 0 Å². The van der Waals surface area contributed by atoms with Gasteiger partial charge in [0, 0.05) is 48.8 Å². The lowest BCUT2D eigenvalue weighted by Gasteiger charge is -2.38. The fourth-order valence-electron chi connectivity index (χ4n) is 4.82. The largest absolute Gasteiger partial charge is 0.361 e. The van der Waals surface area contributed by atoms with Gasteiger partial charge in [0.05, 0.1) is 5.41 Å². The van der Waals surface area contributed by atoms with Gasteiger partial charge < -0.3 is 14.8 Å². The van der Waals surface area contributed by atoms with E-state index in [0.29, 0.717) is 19.6 Å². The molecule has 0 aliphatic carbocycles. The fourth-order valence-corrected chi connectivity index (χ4v) is 4.82. The highest BCUT2D eigenvalue weighted by molar-refractivity contribution is 5.98. The van der Waals surface area contributed by atoms with Crippen LogP contribution in [0.3, 0.4) is 0 Å². The molecule has 1 spiro atoms. The Morgan fingerprint density at radius 3 is 2.52 bits per heavy atom. The number of carbonyl (C=O) groups is 2. The van der Waals surface area contributed by atoms with Crippen molar-refractivity contribution < 1.29 is 9.59 Å².